The fourth-order valence-electron chi connectivity index (χ4n) is 4.67. The lowest BCUT2D eigenvalue weighted by Gasteiger charge is -2.16. The Morgan fingerprint density at radius 3 is 1.54 bits per heavy atom. The van der Waals surface area contributed by atoms with Gasteiger partial charge < -0.3 is 9.47 Å². The maximum absolute atomic E-state index is 11.6. The van der Waals surface area contributed by atoms with Crippen molar-refractivity contribution < 1.29 is 19.1 Å². The lowest BCUT2D eigenvalue weighted by molar-refractivity contribution is 0.120. The molecule has 0 radical (unpaired) electrons. The van der Waals surface area contributed by atoms with Gasteiger partial charge in [-0.25, -0.2) is 9.59 Å². The summed E-state index contributed by atoms with van der Waals surface area (Å²) in [6, 6.07) is 0. The Labute approximate surface area is 141 Å². The summed E-state index contributed by atoms with van der Waals surface area (Å²) in [5, 5.41) is 6.60. The second kappa shape index (κ2) is 6.49. The second-order valence-corrected chi connectivity index (χ2v) is 7.43. The molecule has 2 saturated carbocycles. The van der Waals surface area contributed by atoms with E-state index in [-0.39, 0.29) is 0 Å². The lowest BCUT2D eigenvalue weighted by atomic mass is 9.95. The number of carbonyl (C=O) groups is 2. The first-order chi connectivity index (χ1) is 11.7. The lowest BCUT2D eigenvalue weighted by Crippen LogP contribution is -2.17. The van der Waals surface area contributed by atoms with Gasteiger partial charge in [0.15, 0.2) is 0 Å². The van der Waals surface area contributed by atoms with E-state index in [0.29, 0.717) is 48.7 Å². The van der Waals surface area contributed by atoms with Crippen LogP contribution in [0.1, 0.15) is 25.7 Å². The number of allylic oxidation sites excluding steroid dienone is 4. The van der Waals surface area contributed by atoms with Gasteiger partial charge in [0, 0.05) is 11.8 Å². The molecule has 2 amide bonds. The average Bonchev–Trinajstić information content (AvgIpc) is 3.36. The first-order valence-electron chi connectivity index (χ1n) is 8.79. The molecule has 0 aromatic rings. The van der Waals surface area contributed by atoms with Crippen LogP contribution in [0.4, 0.5) is 9.59 Å². The van der Waals surface area contributed by atoms with Gasteiger partial charge in [0.2, 0.25) is 0 Å². The predicted octanol–water partition coefficient (Wildman–Crippen LogP) is 4.14. The number of nitrogens with zero attached hydrogens (tertiary/aromatic N) is 2. The molecule has 4 bridgehead atoms. The Balaban J connectivity index is 1.15. The minimum atomic E-state index is -0.818. The van der Waals surface area contributed by atoms with Gasteiger partial charge in [-0.05, 0) is 49.4 Å². The van der Waals surface area contributed by atoms with Gasteiger partial charge in [-0.1, -0.05) is 34.5 Å². The van der Waals surface area contributed by atoms with Gasteiger partial charge in [-0.3, -0.25) is 0 Å². The quantitative estimate of drug-likeness (QED) is 0.573. The molecule has 128 valence electrons. The number of fused-ring (bicyclic) bond motifs is 4. The number of hydrogen-bond acceptors (Lipinski definition) is 4. The van der Waals surface area contributed by atoms with E-state index in [2.05, 4.69) is 34.5 Å². The normalized spacial score (nSPS) is 38.3. The van der Waals surface area contributed by atoms with E-state index in [1.807, 2.05) is 0 Å². The van der Waals surface area contributed by atoms with Gasteiger partial charge in [0.25, 0.3) is 0 Å². The Bertz CT molecular complexity index is 560. The third-order valence-corrected chi connectivity index (χ3v) is 5.89. The summed E-state index contributed by atoms with van der Waals surface area (Å²) >= 11 is 0. The molecule has 0 aliphatic heterocycles. The van der Waals surface area contributed by atoms with Crippen molar-refractivity contribution in [1.29, 1.82) is 0 Å². The molecular formula is C18H22N2O4. The van der Waals surface area contributed by atoms with E-state index in [1.165, 1.54) is 0 Å². The van der Waals surface area contributed by atoms with Crippen LogP contribution in [0.5, 0.6) is 0 Å². The second-order valence-electron chi connectivity index (χ2n) is 7.43. The number of rotatable bonds is 4. The molecule has 4 rings (SSSR count). The molecule has 0 spiro atoms. The highest BCUT2D eigenvalue weighted by atomic mass is 16.6. The van der Waals surface area contributed by atoms with Gasteiger partial charge in [-0.2, -0.15) is 0 Å². The van der Waals surface area contributed by atoms with Crippen LogP contribution < -0.4 is 0 Å². The van der Waals surface area contributed by atoms with Crippen LogP contribution in [0.2, 0.25) is 0 Å². The average molecular weight is 330 g/mol. The highest BCUT2D eigenvalue weighted by Crippen LogP contribution is 2.44. The van der Waals surface area contributed by atoms with E-state index in [0.717, 1.165) is 25.7 Å². The van der Waals surface area contributed by atoms with Crippen LogP contribution in [0.3, 0.4) is 0 Å². The summed E-state index contributed by atoms with van der Waals surface area (Å²) in [6.45, 7) is 0.686. The molecule has 6 heteroatoms. The van der Waals surface area contributed by atoms with E-state index in [1.54, 1.807) is 0 Å². The van der Waals surface area contributed by atoms with Crippen LogP contribution in [0.25, 0.3) is 0 Å². The van der Waals surface area contributed by atoms with Crippen LogP contribution in [-0.4, -0.2) is 25.4 Å². The third-order valence-electron chi connectivity index (χ3n) is 5.89. The molecule has 6 atom stereocenters. The molecule has 0 aromatic carbocycles. The van der Waals surface area contributed by atoms with Crippen LogP contribution >= 0.6 is 0 Å². The number of amides is 2. The number of azo groups is 1. The summed E-state index contributed by atoms with van der Waals surface area (Å²) in [4.78, 5) is 23.1. The minimum Gasteiger partial charge on any atom is -0.447 e. The highest BCUT2D eigenvalue weighted by molar-refractivity contribution is 5.73. The Morgan fingerprint density at radius 2 is 1.21 bits per heavy atom. The van der Waals surface area contributed by atoms with E-state index < -0.39 is 12.2 Å². The molecule has 4 aliphatic rings. The van der Waals surface area contributed by atoms with Crippen LogP contribution in [-0.2, 0) is 9.47 Å². The summed E-state index contributed by atoms with van der Waals surface area (Å²) in [5.41, 5.74) is 0. The van der Waals surface area contributed by atoms with Crippen molar-refractivity contribution in [3.05, 3.63) is 24.3 Å². The molecule has 6 nitrogen and oxygen atoms in total. The van der Waals surface area contributed by atoms with Crippen molar-refractivity contribution in [1.82, 2.24) is 0 Å². The third kappa shape index (κ3) is 3.28. The minimum absolute atomic E-state index is 0.343. The summed E-state index contributed by atoms with van der Waals surface area (Å²) in [6.07, 6.45) is 11.7. The number of carbonyl (C=O) groups excluding carboxylic acids is 2. The Kier molecular flexibility index (Phi) is 4.21. The fraction of sp³-hybridized carbons (Fsp3) is 0.667. The SMILES string of the molecule is O=C(/N=N/C(=O)OCC1CC2C=CC1C2)OCC1CC2C=CC1C2. The van der Waals surface area contributed by atoms with Crippen molar-refractivity contribution in [2.24, 2.45) is 45.7 Å². The largest absolute Gasteiger partial charge is 0.452 e. The zero-order chi connectivity index (χ0) is 16.5. The van der Waals surface area contributed by atoms with Crippen molar-refractivity contribution in [2.45, 2.75) is 25.7 Å². The number of ether oxygens (including phenoxy) is 2. The zero-order valence-corrected chi connectivity index (χ0v) is 13.5. The molecule has 2 fully saturated rings. The molecular weight excluding hydrogens is 308 g/mol. The highest BCUT2D eigenvalue weighted by Gasteiger charge is 2.37. The monoisotopic (exact) mass is 330 g/mol. The van der Waals surface area contributed by atoms with Gasteiger partial charge in [0.1, 0.15) is 0 Å². The van der Waals surface area contributed by atoms with Crippen molar-refractivity contribution in [3.63, 3.8) is 0 Å². The summed E-state index contributed by atoms with van der Waals surface area (Å²) in [7, 11) is 0. The van der Waals surface area contributed by atoms with Gasteiger partial charge in [0.05, 0.1) is 13.2 Å². The summed E-state index contributed by atoms with van der Waals surface area (Å²) < 4.78 is 10.2. The first kappa shape index (κ1) is 15.5. The van der Waals surface area contributed by atoms with Crippen LogP contribution in [0, 0.1) is 35.5 Å². The van der Waals surface area contributed by atoms with E-state index in [4.69, 9.17) is 9.47 Å². The number of hydrogen-bond donors (Lipinski definition) is 0. The molecule has 24 heavy (non-hydrogen) atoms. The maximum Gasteiger partial charge on any atom is 0.452 e. The van der Waals surface area contributed by atoms with Crippen LogP contribution in [0.15, 0.2) is 34.5 Å². The molecule has 0 aromatic heterocycles. The standard InChI is InChI=1S/C18H22N2O4/c21-17(23-9-15-7-11-1-3-13(15)5-11)19-20-18(22)24-10-16-8-12-2-4-14(16)6-12/h1-4,11-16H,5-10H2/b20-19+. The molecule has 0 saturated heterocycles. The van der Waals surface area contributed by atoms with E-state index in [9.17, 15) is 9.59 Å². The van der Waals surface area contributed by atoms with Crippen molar-refractivity contribution in [3.8, 4) is 0 Å². The van der Waals surface area contributed by atoms with E-state index >= 15 is 0 Å². The first-order valence-corrected chi connectivity index (χ1v) is 8.79. The molecule has 0 heterocycles. The Morgan fingerprint density at radius 1 is 0.750 bits per heavy atom. The van der Waals surface area contributed by atoms with Crippen molar-refractivity contribution in [2.75, 3.05) is 13.2 Å². The molecule has 6 unspecified atom stereocenters. The smallest absolute Gasteiger partial charge is 0.447 e. The predicted molar refractivity (Wildman–Crippen MR) is 85.2 cm³/mol. The maximum atomic E-state index is 11.6. The summed E-state index contributed by atoms with van der Waals surface area (Å²) in [5.74, 6) is 3.04. The molecule has 0 N–H and O–H groups in total. The molecule has 4 aliphatic carbocycles. The van der Waals surface area contributed by atoms with Gasteiger partial charge in [-0.15, -0.1) is 0 Å². The van der Waals surface area contributed by atoms with Crippen molar-refractivity contribution >= 4 is 12.2 Å². The fourth-order valence-corrected chi connectivity index (χ4v) is 4.67. The van der Waals surface area contributed by atoms with Gasteiger partial charge >= 0.3 is 12.2 Å². The zero-order valence-electron chi connectivity index (χ0n) is 13.5. The topological polar surface area (TPSA) is 77.3 Å². The Hall–Kier alpha value is -1.98.